The standard InChI is InChI=1S/C20H20N2O2/c23-14-9-7-13(8-10-14)19-12-16(20(24)18-6-3-11-21-18)15-4-1-2-5-17(15)22-19/h1-2,4-5,7-10,12,18,20-21,23-24H,3,6,11H2. The second-order valence-corrected chi connectivity index (χ2v) is 6.31. The monoisotopic (exact) mass is 320 g/mol. The second-order valence-electron chi connectivity index (χ2n) is 6.31. The van der Waals surface area contributed by atoms with Crippen LogP contribution in [-0.2, 0) is 0 Å². The van der Waals surface area contributed by atoms with Gasteiger partial charge in [0, 0.05) is 17.0 Å². The normalized spacial score (nSPS) is 18.8. The number of fused-ring (bicyclic) bond motifs is 1. The molecular formula is C20H20N2O2. The van der Waals surface area contributed by atoms with E-state index in [1.807, 2.05) is 42.5 Å². The van der Waals surface area contributed by atoms with Gasteiger partial charge >= 0.3 is 0 Å². The van der Waals surface area contributed by atoms with Gasteiger partial charge in [-0.25, -0.2) is 4.98 Å². The molecule has 1 fully saturated rings. The zero-order valence-electron chi connectivity index (χ0n) is 13.3. The Morgan fingerprint density at radius 1 is 1.08 bits per heavy atom. The molecule has 3 aromatic rings. The maximum Gasteiger partial charge on any atom is 0.115 e. The SMILES string of the molecule is Oc1ccc(-c2cc(C(O)C3CCCN3)c3ccccc3n2)cc1. The second kappa shape index (κ2) is 6.23. The predicted octanol–water partition coefficient (Wildman–Crippen LogP) is 3.39. The van der Waals surface area contributed by atoms with Crippen LogP contribution in [0.2, 0.25) is 0 Å². The van der Waals surface area contributed by atoms with Crippen LogP contribution in [0.3, 0.4) is 0 Å². The summed E-state index contributed by atoms with van der Waals surface area (Å²) in [4.78, 5) is 4.73. The number of aromatic nitrogens is 1. The molecule has 122 valence electrons. The minimum atomic E-state index is -0.559. The molecule has 0 saturated carbocycles. The van der Waals surface area contributed by atoms with E-state index < -0.39 is 6.10 Å². The van der Waals surface area contributed by atoms with Crippen molar-refractivity contribution in [2.75, 3.05) is 6.54 Å². The number of aliphatic hydroxyl groups excluding tert-OH is 1. The summed E-state index contributed by atoms with van der Waals surface area (Å²) in [7, 11) is 0. The van der Waals surface area contributed by atoms with Gasteiger partial charge in [0.15, 0.2) is 0 Å². The zero-order chi connectivity index (χ0) is 16.5. The average molecular weight is 320 g/mol. The van der Waals surface area contributed by atoms with Crippen LogP contribution >= 0.6 is 0 Å². The lowest BCUT2D eigenvalue weighted by atomic mass is 9.95. The number of nitrogens with zero attached hydrogens (tertiary/aromatic N) is 1. The molecule has 0 amide bonds. The molecule has 1 aromatic heterocycles. The highest BCUT2D eigenvalue weighted by Gasteiger charge is 2.26. The molecule has 3 N–H and O–H groups in total. The van der Waals surface area contributed by atoms with E-state index in [4.69, 9.17) is 4.98 Å². The molecule has 1 aliphatic heterocycles. The van der Waals surface area contributed by atoms with E-state index in [1.165, 1.54) is 0 Å². The van der Waals surface area contributed by atoms with Crippen molar-refractivity contribution < 1.29 is 10.2 Å². The van der Waals surface area contributed by atoms with E-state index in [9.17, 15) is 10.2 Å². The van der Waals surface area contributed by atoms with Gasteiger partial charge in [-0.1, -0.05) is 18.2 Å². The van der Waals surface area contributed by atoms with Gasteiger partial charge in [0.2, 0.25) is 0 Å². The Morgan fingerprint density at radius 2 is 1.88 bits per heavy atom. The molecule has 4 heteroatoms. The fraction of sp³-hybridized carbons (Fsp3) is 0.250. The number of aliphatic hydroxyl groups is 1. The number of rotatable bonds is 3. The van der Waals surface area contributed by atoms with Crippen LogP contribution in [-0.4, -0.2) is 27.8 Å². The first kappa shape index (κ1) is 15.1. The first-order valence-electron chi connectivity index (χ1n) is 8.33. The van der Waals surface area contributed by atoms with Gasteiger partial charge in [-0.3, -0.25) is 0 Å². The van der Waals surface area contributed by atoms with E-state index in [0.717, 1.165) is 47.1 Å². The predicted molar refractivity (Wildman–Crippen MR) is 94.8 cm³/mol. The molecule has 2 atom stereocenters. The van der Waals surface area contributed by atoms with Crippen molar-refractivity contribution in [2.24, 2.45) is 0 Å². The van der Waals surface area contributed by atoms with Gasteiger partial charge in [0.25, 0.3) is 0 Å². The molecule has 0 aliphatic carbocycles. The number of pyridine rings is 1. The van der Waals surface area contributed by atoms with Gasteiger partial charge < -0.3 is 15.5 Å². The highest BCUT2D eigenvalue weighted by atomic mass is 16.3. The summed E-state index contributed by atoms with van der Waals surface area (Å²) in [6.45, 7) is 0.954. The lowest BCUT2D eigenvalue weighted by Crippen LogP contribution is -2.28. The van der Waals surface area contributed by atoms with Crippen molar-refractivity contribution in [3.8, 4) is 17.0 Å². The molecular weight excluding hydrogens is 300 g/mol. The molecule has 4 rings (SSSR count). The summed E-state index contributed by atoms with van der Waals surface area (Å²) in [5.74, 6) is 0.231. The lowest BCUT2D eigenvalue weighted by Gasteiger charge is -2.21. The number of hydrogen-bond donors (Lipinski definition) is 3. The topological polar surface area (TPSA) is 65.4 Å². The van der Waals surface area contributed by atoms with Crippen molar-refractivity contribution in [1.82, 2.24) is 10.3 Å². The molecule has 2 aromatic carbocycles. The number of para-hydroxylation sites is 1. The fourth-order valence-electron chi connectivity index (χ4n) is 3.42. The Kier molecular flexibility index (Phi) is 3.92. The minimum absolute atomic E-state index is 0.0865. The van der Waals surface area contributed by atoms with Crippen molar-refractivity contribution in [3.63, 3.8) is 0 Å². The maximum atomic E-state index is 10.9. The summed E-state index contributed by atoms with van der Waals surface area (Å²) in [6, 6.07) is 17.0. The zero-order valence-corrected chi connectivity index (χ0v) is 13.3. The van der Waals surface area contributed by atoms with Crippen LogP contribution in [0, 0.1) is 0 Å². The Morgan fingerprint density at radius 3 is 2.62 bits per heavy atom. The summed E-state index contributed by atoms with van der Waals surface area (Å²) in [6.07, 6.45) is 1.51. The van der Waals surface area contributed by atoms with Gasteiger partial charge in [0.05, 0.1) is 17.3 Å². The van der Waals surface area contributed by atoms with Crippen molar-refractivity contribution in [2.45, 2.75) is 25.0 Å². The van der Waals surface area contributed by atoms with Gasteiger partial charge in [-0.2, -0.15) is 0 Å². The molecule has 2 unspecified atom stereocenters. The Balaban J connectivity index is 1.85. The lowest BCUT2D eigenvalue weighted by molar-refractivity contribution is 0.139. The highest BCUT2D eigenvalue weighted by Crippen LogP contribution is 2.32. The molecule has 2 heterocycles. The number of hydrogen-bond acceptors (Lipinski definition) is 4. The average Bonchev–Trinajstić information content (AvgIpc) is 3.15. The molecule has 0 radical (unpaired) electrons. The van der Waals surface area contributed by atoms with E-state index in [-0.39, 0.29) is 11.8 Å². The van der Waals surface area contributed by atoms with Crippen LogP contribution in [0.4, 0.5) is 0 Å². The molecule has 0 spiro atoms. The smallest absolute Gasteiger partial charge is 0.115 e. The third-order valence-electron chi connectivity index (χ3n) is 4.71. The first-order valence-corrected chi connectivity index (χ1v) is 8.33. The van der Waals surface area contributed by atoms with Crippen LogP contribution < -0.4 is 5.32 Å². The highest BCUT2D eigenvalue weighted by molar-refractivity contribution is 5.85. The van der Waals surface area contributed by atoms with Crippen LogP contribution in [0.5, 0.6) is 5.75 Å². The van der Waals surface area contributed by atoms with Crippen LogP contribution in [0.15, 0.2) is 54.6 Å². The molecule has 24 heavy (non-hydrogen) atoms. The Bertz CT molecular complexity index is 855. The number of benzene rings is 2. The number of nitrogens with one attached hydrogen (secondary N) is 1. The van der Waals surface area contributed by atoms with Crippen molar-refractivity contribution >= 4 is 10.9 Å². The fourth-order valence-corrected chi connectivity index (χ4v) is 3.42. The Labute approximate surface area is 140 Å². The molecule has 0 bridgehead atoms. The summed E-state index contributed by atoms with van der Waals surface area (Å²) in [5.41, 5.74) is 3.50. The van der Waals surface area contributed by atoms with Crippen molar-refractivity contribution in [3.05, 3.63) is 60.2 Å². The molecule has 1 aliphatic rings. The summed E-state index contributed by atoms with van der Waals surface area (Å²) in [5, 5.41) is 24.8. The quantitative estimate of drug-likeness (QED) is 0.692. The van der Waals surface area contributed by atoms with Gasteiger partial charge in [0.1, 0.15) is 5.75 Å². The Hall–Kier alpha value is -2.43. The van der Waals surface area contributed by atoms with E-state index in [1.54, 1.807) is 12.1 Å². The number of aromatic hydroxyl groups is 1. The van der Waals surface area contributed by atoms with Crippen molar-refractivity contribution in [1.29, 1.82) is 0 Å². The van der Waals surface area contributed by atoms with E-state index >= 15 is 0 Å². The molecule has 1 saturated heterocycles. The largest absolute Gasteiger partial charge is 0.508 e. The van der Waals surface area contributed by atoms with E-state index in [0.29, 0.717) is 0 Å². The number of phenols is 1. The molecule has 4 nitrogen and oxygen atoms in total. The van der Waals surface area contributed by atoms with Crippen LogP contribution in [0.25, 0.3) is 22.2 Å². The van der Waals surface area contributed by atoms with E-state index in [2.05, 4.69) is 5.32 Å². The maximum absolute atomic E-state index is 10.9. The minimum Gasteiger partial charge on any atom is -0.508 e. The van der Waals surface area contributed by atoms with Gasteiger partial charge in [-0.05, 0) is 61.3 Å². The number of phenolic OH excluding ortho intramolecular Hbond substituents is 1. The third-order valence-corrected chi connectivity index (χ3v) is 4.71. The summed E-state index contributed by atoms with van der Waals surface area (Å²) < 4.78 is 0. The van der Waals surface area contributed by atoms with Crippen LogP contribution in [0.1, 0.15) is 24.5 Å². The summed E-state index contributed by atoms with van der Waals surface area (Å²) >= 11 is 0. The third kappa shape index (κ3) is 2.75. The first-order chi connectivity index (χ1) is 11.7. The van der Waals surface area contributed by atoms with Gasteiger partial charge in [-0.15, -0.1) is 0 Å².